The maximum Gasteiger partial charge on any atom is 0.131 e. The molecule has 1 fully saturated rings. The lowest BCUT2D eigenvalue weighted by atomic mass is 10.0. The molecule has 0 aromatic rings. The van der Waals surface area contributed by atoms with E-state index in [0.29, 0.717) is 11.8 Å². The van der Waals surface area contributed by atoms with Crippen molar-refractivity contribution in [2.24, 2.45) is 0 Å². The minimum absolute atomic E-state index is 0.345. The van der Waals surface area contributed by atoms with Crippen LogP contribution < -0.4 is 0 Å². The average molecular weight is 197 g/mol. The van der Waals surface area contributed by atoms with Gasteiger partial charge in [0.2, 0.25) is 0 Å². The fraction of sp³-hybridized carbons (Fsp3) is 0.917. The zero-order chi connectivity index (χ0) is 10.4. The number of carbonyl (C=O) groups is 1. The fourth-order valence-corrected chi connectivity index (χ4v) is 2.38. The Kier molecular flexibility index (Phi) is 5.16. The Balaban J connectivity index is 2.49. The number of nitrogens with zero attached hydrogens (tertiary/aromatic N) is 1. The monoisotopic (exact) mass is 197 g/mol. The number of carbonyl (C=O) groups excluding carboxylic acids is 1. The van der Waals surface area contributed by atoms with Crippen molar-refractivity contribution in [2.75, 3.05) is 13.1 Å². The molecule has 0 aliphatic carbocycles. The first kappa shape index (κ1) is 11.7. The van der Waals surface area contributed by atoms with Crippen LogP contribution in [0.1, 0.15) is 52.4 Å². The van der Waals surface area contributed by atoms with Gasteiger partial charge < -0.3 is 0 Å². The lowest BCUT2D eigenvalue weighted by Crippen LogP contribution is -2.36. The Morgan fingerprint density at radius 1 is 1.36 bits per heavy atom. The first-order valence-electron chi connectivity index (χ1n) is 5.97. The molecule has 1 atom stereocenters. The summed E-state index contributed by atoms with van der Waals surface area (Å²) in [5.74, 6) is 0.345. The highest BCUT2D eigenvalue weighted by Crippen LogP contribution is 2.19. The van der Waals surface area contributed by atoms with E-state index in [0.717, 1.165) is 13.0 Å². The summed E-state index contributed by atoms with van der Waals surface area (Å²) in [6.07, 6.45) is 7.15. The topological polar surface area (TPSA) is 20.3 Å². The molecule has 0 saturated carbocycles. The molecule has 0 N–H and O–H groups in total. The Morgan fingerprint density at radius 3 is 2.79 bits per heavy atom. The first-order valence-corrected chi connectivity index (χ1v) is 5.97. The van der Waals surface area contributed by atoms with Crippen LogP contribution in [0.5, 0.6) is 0 Å². The van der Waals surface area contributed by atoms with Crippen molar-refractivity contribution >= 4 is 5.78 Å². The molecular formula is C12H23NO. The van der Waals surface area contributed by atoms with Crippen LogP contribution in [0.4, 0.5) is 0 Å². The van der Waals surface area contributed by atoms with Gasteiger partial charge in [0.1, 0.15) is 5.78 Å². The summed E-state index contributed by atoms with van der Waals surface area (Å²) in [5.41, 5.74) is 0. The van der Waals surface area contributed by atoms with E-state index in [1.54, 1.807) is 6.92 Å². The van der Waals surface area contributed by atoms with Crippen molar-refractivity contribution in [3.8, 4) is 0 Å². The van der Waals surface area contributed by atoms with Crippen LogP contribution in [0.15, 0.2) is 0 Å². The van der Waals surface area contributed by atoms with E-state index in [-0.39, 0.29) is 0 Å². The third kappa shape index (κ3) is 3.79. The van der Waals surface area contributed by atoms with Crippen LogP contribution in [-0.2, 0) is 4.79 Å². The van der Waals surface area contributed by atoms with Crippen LogP contribution in [0.2, 0.25) is 0 Å². The van der Waals surface area contributed by atoms with Gasteiger partial charge in [0.25, 0.3) is 0 Å². The third-order valence-electron chi connectivity index (χ3n) is 3.03. The SMILES string of the molecule is CCCN1CCCCCC1CC(C)=O. The van der Waals surface area contributed by atoms with E-state index in [1.165, 1.54) is 38.6 Å². The molecule has 82 valence electrons. The van der Waals surface area contributed by atoms with Crippen LogP contribution in [0, 0.1) is 0 Å². The largest absolute Gasteiger partial charge is 0.300 e. The number of Topliss-reactive ketones (excluding diaryl/α,β-unsaturated/α-hetero) is 1. The van der Waals surface area contributed by atoms with Gasteiger partial charge in [-0.25, -0.2) is 0 Å². The number of hydrogen-bond donors (Lipinski definition) is 0. The molecule has 1 saturated heterocycles. The summed E-state index contributed by atoms with van der Waals surface area (Å²) in [7, 11) is 0. The smallest absolute Gasteiger partial charge is 0.131 e. The summed E-state index contributed by atoms with van der Waals surface area (Å²) in [6.45, 7) is 6.30. The van der Waals surface area contributed by atoms with Crippen molar-refractivity contribution in [1.82, 2.24) is 4.90 Å². The molecule has 0 aromatic heterocycles. The molecule has 1 heterocycles. The molecule has 1 rings (SSSR count). The highest BCUT2D eigenvalue weighted by molar-refractivity contribution is 5.76. The van der Waals surface area contributed by atoms with Gasteiger partial charge >= 0.3 is 0 Å². The van der Waals surface area contributed by atoms with E-state index in [4.69, 9.17) is 0 Å². The van der Waals surface area contributed by atoms with Gasteiger partial charge in [0.05, 0.1) is 0 Å². The highest BCUT2D eigenvalue weighted by Gasteiger charge is 2.20. The van der Waals surface area contributed by atoms with Gasteiger partial charge in [-0.05, 0) is 39.3 Å². The standard InChI is InChI=1S/C12H23NO/c1-3-8-13-9-6-4-5-7-12(13)10-11(2)14/h12H,3-10H2,1-2H3. The van der Waals surface area contributed by atoms with E-state index in [1.807, 2.05) is 0 Å². The lowest BCUT2D eigenvalue weighted by molar-refractivity contribution is -0.118. The van der Waals surface area contributed by atoms with Crippen LogP contribution in [0.25, 0.3) is 0 Å². The average Bonchev–Trinajstić information content (AvgIpc) is 2.32. The Morgan fingerprint density at radius 2 is 2.14 bits per heavy atom. The zero-order valence-electron chi connectivity index (χ0n) is 9.59. The Hall–Kier alpha value is -0.370. The van der Waals surface area contributed by atoms with E-state index in [9.17, 15) is 4.79 Å². The Bertz CT molecular complexity index is 179. The summed E-state index contributed by atoms with van der Waals surface area (Å²) < 4.78 is 0. The van der Waals surface area contributed by atoms with Crippen LogP contribution >= 0.6 is 0 Å². The molecule has 0 spiro atoms. The minimum atomic E-state index is 0.345. The normalized spacial score (nSPS) is 24.6. The molecule has 2 nitrogen and oxygen atoms in total. The van der Waals surface area contributed by atoms with Crippen molar-refractivity contribution in [3.05, 3.63) is 0 Å². The second-order valence-corrected chi connectivity index (χ2v) is 4.45. The van der Waals surface area contributed by atoms with Gasteiger partial charge in [0.15, 0.2) is 0 Å². The summed E-state index contributed by atoms with van der Waals surface area (Å²) in [4.78, 5) is 13.7. The highest BCUT2D eigenvalue weighted by atomic mass is 16.1. The van der Waals surface area contributed by atoms with Gasteiger partial charge in [-0.15, -0.1) is 0 Å². The molecule has 0 aromatic carbocycles. The van der Waals surface area contributed by atoms with Crippen LogP contribution in [0.3, 0.4) is 0 Å². The van der Waals surface area contributed by atoms with Gasteiger partial charge in [0, 0.05) is 12.5 Å². The Labute approximate surface area is 87.7 Å². The molecule has 2 heteroatoms. The number of hydrogen-bond acceptors (Lipinski definition) is 2. The molecule has 0 radical (unpaired) electrons. The predicted molar refractivity (Wildman–Crippen MR) is 59.4 cm³/mol. The summed E-state index contributed by atoms with van der Waals surface area (Å²) >= 11 is 0. The molecule has 0 amide bonds. The van der Waals surface area contributed by atoms with Crippen molar-refractivity contribution in [2.45, 2.75) is 58.4 Å². The number of rotatable bonds is 4. The maximum absolute atomic E-state index is 11.1. The van der Waals surface area contributed by atoms with E-state index in [2.05, 4.69) is 11.8 Å². The van der Waals surface area contributed by atoms with Crippen molar-refractivity contribution < 1.29 is 4.79 Å². The van der Waals surface area contributed by atoms with Crippen molar-refractivity contribution in [3.63, 3.8) is 0 Å². The van der Waals surface area contributed by atoms with Gasteiger partial charge in [-0.1, -0.05) is 19.8 Å². The summed E-state index contributed by atoms with van der Waals surface area (Å²) in [5, 5.41) is 0. The molecule has 0 bridgehead atoms. The first-order chi connectivity index (χ1) is 6.74. The summed E-state index contributed by atoms with van der Waals surface area (Å²) in [6, 6.07) is 0.537. The quantitative estimate of drug-likeness (QED) is 0.690. The molecule has 14 heavy (non-hydrogen) atoms. The zero-order valence-corrected chi connectivity index (χ0v) is 9.59. The molecule has 1 unspecified atom stereocenters. The molecule has 1 aliphatic heterocycles. The fourth-order valence-electron chi connectivity index (χ4n) is 2.38. The maximum atomic E-state index is 11.1. The van der Waals surface area contributed by atoms with E-state index < -0.39 is 0 Å². The second-order valence-electron chi connectivity index (χ2n) is 4.45. The number of likely N-dealkylation sites (tertiary alicyclic amines) is 1. The van der Waals surface area contributed by atoms with Crippen LogP contribution in [-0.4, -0.2) is 29.8 Å². The second kappa shape index (κ2) is 6.18. The lowest BCUT2D eigenvalue weighted by Gasteiger charge is -2.28. The van der Waals surface area contributed by atoms with E-state index >= 15 is 0 Å². The molecular weight excluding hydrogens is 174 g/mol. The number of ketones is 1. The predicted octanol–water partition coefficient (Wildman–Crippen LogP) is 2.62. The minimum Gasteiger partial charge on any atom is -0.300 e. The third-order valence-corrected chi connectivity index (χ3v) is 3.03. The van der Waals surface area contributed by atoms with Gasteiger partial charge in [-0.2, -0.15) is 0 Å². The van der Waals surface area contributed by atoms with Crippen molar-refractivity contribution in [1.29, 1.82) is 0 Å². The van der Waals surface area contributed by atoms with Gasteiger partial charge in [-0.3, -0.25) is 9.69 Å². The molecule has 1 aliphatic rings.